The number of aliphatic hydroxyl groups is 3. The van der Waals surface area contributed by atoms with E-state index in [0.29, 0.717) is 0 Å². The van der Waals surface area contributed by atoms with E-state index in [1.165, 1.54) is 0 Å². The van der Waals surface area contributed by atoms with E-state index in [-0.39, 0.29) is 0 Å². The van der Waals surface area contributed by atoms with E-state index in [2.05, 4.69) is 4.74 Å². The van der Waals surface area contributed by atoms with Crippen LogP contribution >= 0.6 is 0 Å². The van der Waals surface area contributed by atoms with Gasteiger partial charge >= 0.3 is 29.8 Å². The Morgan fingerprint density at radius 3 is 1.79 bits per heavy atom. The standard InChI is InChI=1S/C22H32O16/c1-9(25)31-7-15-16(30)18(33-11(3)27)19(34-12(4)28)21(36-15)38-22(8-24)20(35-13(5)29)17(32-10(2)26)14(6-23)37-22/h14-21,23-24,30H,6-8H2,1-5H3/t14-,15-,16-,17-,18+,19-,20+,21-,22+/m1/s1/i6D2,7D2,8D2. The summed E-state index contributed by atoms with van der Waals surface area (Å²) in [5, 5.41) is 31.8. The van der Waals surface area contributed by atoms with Gasteiger partial charge in [-0.3, -0.25) is 24.0 Å². The Labute approximate surface area is 225 Å². The molecule has 0 amide bonds. The van der Waals surface area contributed by atoms with E-state index in [4.69, 9.17) is 41.4 Å². The fourth-order valence-corrected chi connectivity index (χ4v) is 3.62. The van der Waals surface area contributed by atoms with Crippen LogP contribution in [0.4, 0.5) is 0 Å². The molecule has 0 saturated carbocycles. The molecule has 0 spiro atoms. The SMILES string of the molecule is [2H]C([2H])(O)[C@H]1O[C@](O[C@H]2O[C@H](C([2H])([2H])OC(C)=O)[C@@H](O)[C@H](OC(C)=O)[C@H]2OC(C)=O)(C([2H])([2H])O)[C@@H](OC(C)=O)[C@@H]1OC(C)=O. The highest BCUT2D eigenvalue weighted by molar-refractivity contribution is 5.68. The molecule has 0 aromatic carbocycles. The molecule has 9 atom stereocenters. The van der Waals surface area contributed by atoms with Gasteiger partial charge in [-0.15, -0.1) is 0 Å². The first-order chi connectivity index (χ1) is 19.8. The molecule has 0 bridgehead atoms. The second-order valence-electron chi connectivity index (χ2n) is 7.94. The van der Waals surface area contributed by atoms with Gasteiger partial charge in [0.15, 0.2) is 24.4 Å². The predicted molar refractivity (Wildman–Crippen MR) is 116 cm³/mol. The van der Waals surface area contributed by atoms with E-state index in [1.54, 1.807) is 0 Å². The summed E-state index contributed by atoms with van der Waals surface area (Å²) in [6.07, 6.45) is -18.8. The van der Waals surface area contributed by atoms with Crippen LogP contribution in [0.3, 0.4) is 0 Å². The molecule has 2 fully saturated rings. The summed E-state index contributed by atoms with van der Waals surface area (Å²) >= 11 is 0. The Bertz CT molecular complexity index is 1120. The van der Waals surface area contributed by atoms with Crippen molar-refractivity contribution in [3.63, 3.8) is 0 Å². The zero-order valence-electron chi connectivity index (χ0n) is 26.8. The number of ether oxygens (including phenoxy) is 8. The zero-order chi connectivity index (χ0) is 34.2. The monoisotopic (exact) mass is 558 g/mol. The van der Waals surface area contributed by atoms with Gasteiger partial charge in [0.2, 0.25) is 12.1 Å². The van der Waals surface area contributed by atoms with Crippen molar-refractivity contribution in [1.29, 1.82) is 0 Å². The second-order valence-corrected chi connectivity index (χ2v) is 7.94. The third-order valence-corrected chi connectivity index (χ3v) is 4.89. The maximum atomic E-state index is 12.1. The quantitative estimate of drug-likeness (QED) is 0.186. The number of rotatable bonds is 10. The lowest BCUT2D eigenvalue weighted by atomic mass is 9.98. The van der Waals surface area contributed by atoms with Crippen molar-refractivity contribution in [2.75, 3.05) is 19.7 Å². The van der Waals surface area contributed by atoms with Crippen LogP contribution in [-0.4, -0.2) is 120 Å². The molecular weight excluding hydrogens is 520 g/mol. The van der Waals surface area contributed by atoms with E-state index in [1.807, 2.05) is 0 Å². The molecule has 2 aliphatic rings. The topological polar surface area (TPSA) is 220 Å². The molecule has 16 nitrogen and oxygen atoms in total. The van der Waals surface area contributed by atoms with Crippen LogP contribution in [0.25, 0.3) is 0 Å². The highest BCUT2D eigenvalue weighted by Crippen LogP contribution is 2.40. The summed E-state index contributed by atoms with van der Waals surface area (Å²) in [5.74, 6) is -9.62. The van der Waals surface area contributed by atoms with Gasteiger partial charge in [-0.25, -0.2) is 0 Å². The third kappa shape index (κ3) is 7.58. The molecule has 2 rings (SSSR count). The molecule has 0 radical (unpaired) electrons. The minimum Gasteiger partial charge on any atom is -0.463 e. The molecule has 2 saturated heterocycles. The summed E-state index contributed by atoms with van der Waals surface area (Å²) in [6.45, 7) is -6.77. The zero-order valence-corrected chi connectivity index (χ0v) is 20.8. The van der Waals surface area contributed by atoms with Crippen LogP contribution in [0.1, 0.15) is 42.8 Å². The number of hydrogen-bond acceptors (Lipinski definition) is 16. The maximum absolute atomic E-state index is 12.1. The van der Waals surface area contributed by atoms with Gasteiger partial charge in [-0.05, 0) is 0 Å². The number of carbonyl (C=O) groups is 5. The molecule has 0 unspecified atom stereocenters. The van der Waals surface area contributed by atoms with Gasteiger partial charge < -0.3 is 53.2 Å². The molecule has 2 heterocycles. The molecule has 0 aliphatic carbocycles. The van der Waals surface area contributed by atoms with Crippen molar-refractivity contribution in [2.45, 2.75) is 89.4 Å². The highest BCUT2D eigenvalue weighted by atomic mass is 16.8. The second kappa shape index (κ2) is 13.3. The van der Waals surface area contributed by atoms with Gasteiger partial charge in [-0.2, -0.15) is 0 Å². The molecule has 2 aliphatic heterocycles. The first-order valence-corrected chi connectivity index (χ1v) is 10.9. The van der Waals surface area contributed by atoms with Crippen molar-refractivity contribution in [3.8, 4) is 0 Å². The largest absolute Gasteiger partial charge is 0.463 e. The summed E-state index contributed by atoms with van der Waals surface area (Å²) < 4.78 is 88.8. The van der Waals surface area contributed by atoms with E-state index < -0.39 is 104 Å². The predicted octanol–water partition coefficient (Wildman–Crippen LogP) is -2.54. The van der Waals surface area contributed by atoms with Crippen LogP contribution in [0.2, 0.25) is 0 Å². The summed E-state index contributed by atoms with van der Waals surface area (Å²) in [4.78, 5) is 59.5. The minimum absolute atomic E-state index is 0.763. The first-order valence-electron chi connectivity index (χ1n) is 13.9. The molecule has 0 aromatic heterocycles. The average molecular weight is 559 g/mol. The maximum Gasteiger partial charge on any atom is 0.303 e. The van der Waals surface area contributed by atoms with Crippen molar-refractivity contribution in [2.24, 2.45) is 0 Å². The number of esters is 5. The van der Waals surface area contributed by atoms with Crippen molar-refractivity contribution in [3.05, 3.63) is 0 Å². The van der Waals surface area contributed by atoms with Crippen LogP contribution in [-0.2, 0) is 61.9 Å². The van der Waals surface area contributed by atoms with Crippen LogP contribution in [0.5, 0.6) is 0 Å². The minimum atomic E-state index is -3.95. The number of aliphatic hydroxyl groups excluding tert-OH is 1. The van der Waals surface area contributed by atoms with Crippen LogP contribution in [0, 0.1) is 0 Å². The third-order valence-electron chi connectivity index (χ3n) is 4.89. The molecule has 0 aromatic rings. The van der Waals surface area contributed by atoms with Gasteiger partial charge in [-0.1, -0.05) is 0 Å². The Balaban J connectivity index is 2.85. The summed E-state index contributed by atoms with van der Waals surface area (Å²) in [5.41, 5.74) is 0. The fourth-order valence-electron chi connectivity index (χ4n) is 3.62. The van der Waals surface area contributed by atoms with Crippen LogP contribution in [0.15, 0.2) is 0 Å². The molecule has 3 N–H and O–H groups in total. The molecule has 216 valence electrons. The Morgan fingerprint density at radius 1 is 0.789 bits per heavy atom. The number of carbonyl (C=O) groups excluding carboxylic acids is 5. The van der Waals surface area contributed by atoms with E-state index in [0.717, 1.165) is 34.6 Å². The van der Waals surface area contributed by atoms with Gasteiger partial charge in [0.1, 0.15) is 31.4 Å². The van der Waals surface area contributed by atoms with Crippen LogP contribution < -0.4 is 0 Å². The fraction of sp³-hybridized carbons (Fsp3) is 0.773. The van der Waals surface area contributed by atoms with Crippen molar-refractivity contribution < 1.29 is 85.4 Å². The Morgan fingerprint density at radius 2 is 1.32 bits per heavy atom. The lowest BCUT2D eigenvalue weighted by Crippen LogP contribution is -2.65. The van der Waals surface area contributed by atoms with E-state index in [9.17, 15) is 39.3 Å². The lowest BCUT2D eigenvalue weighted by Gasteiger charge is -2.45. The smallest absolute Gasteiger partial charge is 0.303 e. The van der Waals surface area contributed by atoms with Crippen molar-refractivity contribution >= 4 is 29.8 Å². The number of hydrogen-bond donors (Lipinski definition) is 3. The molecule has 38 heavy (non-hydrogen) atoms. The summed E-state index contributed by atoms with van der Waals surface area (Å²) in [6, 6.07) is 0. The Hall–Kier alpha value is -2.89. The van der Waals surface area contributed by atoms with Gasteiger partial charge in [0, 0.05) is 34.6 Å². The average Bonchev–Trinajstić information content (AvgIpc) is 3.09. The molecule has 16 heteroatoms. The van der Waals surface area contributed by atoms with Crippen molar-refractivity contribution in [1.82, 2.24) is 0 Å². The first kappa shape index (κ1) is 23.0. The Kier molecular flexibility index (Phi) is 8.04. The normalized spacial score (nSPS) is 38.1. The van der Waals surface area contributed by atoms with Gasteiger partial charge in [0.25, 0.3) is 0 Å². The summed E-state index contributed by atoms with van der Waals surface area (Å²) in [7, 11) is 0. The van der Waals surface area contributed by atoms with Gasteiger partial charge in [0.05, 0.1) is 14.8 Å². The van der Waals surface area contributed by atoms with E-state index >= 15 is 0 Å². The molecular formula is C22H32O16. The lowest BCUT2D eigenvalue weighted by molar-refractivity contribution is -0.384. The highest BCUT2D eigenvalue weighted by Gasteiger charge is 2.63.